The summed E-state index contributed by atoms with van der Waals surface area (Å²) in [4.78, 5) is 30.3. The molecule has 4 rings (SSSR count). The van der Waals surface area contributed by atoms with Gasteiger partial charge in [0.25, 0.3) is 0 Å². The monoisotopic (exact) mass is 470 g/mol. The molecule has 1 aromatic heterocycles. The van der Waals surface area contributed by atoms with Crippen LogP contribution in [-0.4, -0.2) is 37.8 Å². The summed E-state index contributed by atoms with van der Waals surface area (Å²) in [6.07, 6.45) is 6.98. The van der Waals surface area contributed by atoms with Crippen molar-refractivity contribution in [2.45, 2.75) is 56.9 Å². The Bertz CT molecular complexity index is 1130. The van der Waals surface area contributed by atoms with Gasteiger partial charge in [-0.15, -0.1) is 0 Å². The fraction of sp³-hybridized carbons (Fsp3) is 0.458. The molecule has 2 amide bonds. The molecule has 2 aromatic rings. The topological polar surface area (TPSA) is 108 Å². The second-order valence-electron chi connectivity index (χ2n) is 9.03. The van der Waals surface area contributed by atoms with E-state index in [2.05, 4.69) is 15.0 Å². The Hall–Kier alpha value is -2.78. The zero-order valence-corrected chi connectivity index (χ0v) is 19.8. The number of aromatic nitrogens is 1. The van der Waals surface area contributed by atoms with Crippen molar-refractivity contribution in [1.82, 2.24) is 9.71 Å². The summed E-state index contributed by atoms with van der Waals surface area (Å²) >= 11 is 0. The first kappa shape index (κ1) is 23.4. The van der Waals surface area contributed by atoms with E-state index in [0.717, 1.165) is 36.9 Å². The van der Waals surface area contributed by atoms with Gasteiger partial charge in [-0.3, -0.25) is 14.6 Å². The molecule has 0 radical (unpaired) electrons. The van der Waals surface area contributed by atoms with Crippen LogP contribution >= 0.6 is 0 Å². The number of nitrogens with one attached hydrogen (secondary N) is 2. The van der Waals surface area contributed by atoms with E-state index in [0.29, 0.717) is 18.7 Å². The highest BCUT2D eigenvalue weighted by Crippen LogP contribution is 2.34. The molecule has 1 atom stereocenters. The largest absolute Gasteiger partial charge is 0.324 e. The lowest BCUT2D eigenvalue weighted by atomic mass is 9.81. The van der Waals surface area contributed by atoms with Crippen LogP contribution in [0.4, 0.5) is 11.4 Å². The molecule has 1 aromatic carbocycles. The molecule has 33 heavy (non-hydrogen) atoms. The van der Waals surface area contributed by atoms with Crippen LogP contribution in [0.5, 0.6) is 0 Å². The van der Waals surface area contributed by atoms with Crippen molar-refractivity contribution in [3.05, 3.63) is 48.3 Å². The standard InChI is InChI=1S/C24H30N4O4S/c1-16-12-20-13-22(9-10-23(20)28(16)17(2)29)33(31,32)26-14-18-5-7-19(8-6-18)24(30)27-21-4-3-11-25-15-21/h3-4,9-11,13,15-16,18-19,26H,5-8,12,14H2,1-2H3,(H,27,30)/t16-,18?,19?/m1/s1. The maximum atomic E-state index is 12.9. The highest BCUT2D eigenvalue weighted by atomic mass is 32.2. The summed E-state index contributed by atoms with van der Waals surface area (Å²) in [5.74, 6) is 0.0829. The number of benzene rings is 1. The molecular formula is C24H30N4O4S. The Kier molecular flexibility index (Phi) is 6.81. The zero-order valence-electron chi connectivity index (χ0n) is 19.0. The predicted octanol–water partition coefficient (Wildman–Crippen LogP) is 3.10. The van der Waals surface area contributed by atoms with Gasteiger partial charge in [0.1, 0.15) is 0 Å². The summed E-state index contributed by atoms with van der Waals surface area (Å²) in [6.45, 7) is 3.84. The number of sulfonamides is 1. The van der Waals surface area contributed by atoms with E-state index in [1.54, 1.807) is 41.6 Å². The first-order chi connectivity index (χ1) is 15.7. The first-order valence-electron chi connectivity index (χ1n) is 11.4. The number of carbonyl (C=O) groups is 2. The average molecular weight is 471 g/mol. The first-order valence-corrected chi connectivity index (χ1v) is 12.9. The molecule has 9 heteroatoms. The number of nitrogens with zero attached hydrogens (tertiary/aromatic N) is 2. The minimum Gasteiger partial charge on any atom is -0.324 e. The van der Waals surface area contributed by atoms with Gasteiger partial charge in [0.2, 0.25) is 21.8 Å². The highest BCUT2D eigenvalue weighted by molar-refractivity contribution is 7.89. The third-order valence-electron chi connectivity index (χ3n) is 6.62. The summed E-state index contributed by atoms with van der Waals surface area (Å²) in [5.41, 5.74) is 2.35. The second kappa shape index (κ2) is 9.61. The summed E-state index contributed by atoms with van der Waals surface area (Å²) < 4.78 is 28.5. The lowest BCUT2D eigenvalue weighted by Gasteiger charge is -2.27. The Morgan fingerprint density at radius 2 is 1.91 bits per heavy atom. The maximum absolute atomic E-state index is 12.9. The van der Waals surface area contributed by atoms with E-state index >= 15 is 0 Å². The fourth-order valence-corrected chi connectivity index (χ4v) is 6.04. The van der Waals surface area contributed by atoms with Crippen molar-refractivity contribution in [2.75, 3.05) is 16.8 Å². The predicted molar refractivity (Wildman–Crippen MR) is 126 cm³/mol. The van der Waals surface area contributed by atoms with Crippen LogP contribution in [0.2, 0.25) is 0 Å². The van der Waals surface area contributed by atoms with Gasteiger partial charge in [0.05, 0.1) is 16.8 Å². The van der Waals surface area contributed by atoms with Crippen molar-refractivity contribution in [1.29, 1.82) is 0 Å². The third-order valence-corrected chi connectivity index (χ3v) is 8.05. The Morgan fingerprint density at radius 3 is 2.58 bits per heavy atom. The van der Waals surface area contributed by atoms with Gasteiger partial charge in [-0.05, 0) is 80.8 Å². The van der Waals surface area contributed by atoms with Crippen molar-refractivity contribution in [3.63, 3.8) is 0 Å². The van der Waals surface area contributed by atoms with Crippen LogP contribution < -0.4 is 14.9 Å². The van der Waals surface area contributed by atoms with Gasteiger partial charge >= 0.3 is 0 Å². The van der Waals surface area contributed by atoms with Gasteiger partial charge in [0, 0.05) is 37.3 Å². The van der Waals surface area contributed by atoms with Gasteiger partial charge in [-0.2, -0.15) is 0 Å². The Labute approximate surface area is 194 Å². The highest BCUT2D eigenvalue weighted by Gasteiger charge is 2.31. The van der Waals surface area contributed by atoms with Crippen LogP contribution in [0, 0.1) is 11.8 Å². The van der Waals surface area contributed by atoms with E-state index in [1.165, 1.54) is 6.92 Å². The van der Waals surface area contributed by atoms with E-state index in [-0.39, 0.29) is 34.6 Å². The molecule has 0 bridgehead atoms. The van der Waals surface area contributed by atoms with Crippen LogP contribution in [0.15, 0.2) is 47.6 Å². The lowest BCUT2D eigenvalue weighted by Crippen LogP contribution is -2.34. The molecule has 1 aliphatic heterocycles. The molecule has 2 N–H and O–H groups in total. The molecule has 176 valence electrons. The van der Waals surface area contributed by atoms with E-state index < -0.39 is 10.0 Å². The molecule has 1 saturated carbocycles. The molecule has 2 aliphatic rings. The number of carbonyl (C=O) groups excluding carboxylic acids is 2. The quantitative estimate of drug-likeness (QED) is 0.674. The van der Waals surface area contributed by atoms with Crippen LogP contribution in [0.1, 0.15) is 45.1 Å². The van der Waals surface area contributed by atoms with E-state index in [1.807, 2.05) is 13.0 Å². The van der Waals surface area contributed by atoms with Crippen LogP contribution in [0.3, 0.4) is 0 Å². The smallest absolute Gasteiger partial charge is 0.240 e. The third kappa shape index (κ3) is 5.25. The Morgan fingerprint density at radius 1 is 1.15 bits per heavy atom. The normalized spacial score (nSPS) is 22.6. The molecule has 8 nitrogen and oxygen atoms in total. The number of fused-ring (bicyclic) bond motifs is 1. The Balaban J connectivity index is 1.30. The summed E-state index contributed by atoms with van der Waals surface area (Å²) in [6, 6.07) is 8.57. The molecule has 0 saturated heterocycles. The van der Waals surface area contributed by atoms with Gasteiger partial charge in [0.15, 0.2) is 0 Å². The number of hydrogen-bond donors (Lipinski definition) is 2. The molecule has 0 spiro atoms. The fourth-order valence-electron chi connectivity index (χ4n) is 4.88. The van der Waals surface area contributed by atoms with Crippen molar-refractivity contribution in [2.24, 2.45) is 11.8 Å². The molecule has 2 heterocycles. The molecular weight excluding hydrogens is 440 g/mol. The minimum absolute atomic E-state index is 0.00555. The average Bonchev–Trinajstić information content (AvgIpc) is 3.14. The number of anilines is 2. The van der Waals surface area contributed by atoms with Crippen molar-refractivity contribution in [3.8, 4) is 0 Å². The summed E-state index contributed by atoms with van der Waals surface area (Å²) in [7, 11) is -3.65. The van der Waals surface area contributed by atoms with Crippen molar-refractivity contribution >= 4 is 33.2 Å². The number of pyridine rings is 1. The van der Waals surface area contributed by atoms with Gasteiger partial charge < -0.3 is 10.2 Å². The van der Waals surface area contributed by atoms with Crippen molar-refractivity contribution < 1.29 is 18.0 Å². The zero-order chi connectivity index (χ0) is 23.6. The second-order valence-corrected chi connectivity index (χ2v) is 10.8. The number of amides is 2. The number of rotatable bonds is 6. The maximum Gasteiger partial charge on any atom is 0.240 e. The molecule has 0 unspecified atom stereocenters. The molecule has 1 fully saturated rings. The lowest BCUT2D eigenvalue weighted by molar-refractivity contribution is -0.121. The van der Waals surface area contributed by atoms with Gasteiger partial charge in [-0.25, -0.2) is 13.1 Å². The molecule has 1 aliphatic carbocycles. The van der Waals surface area contributed by atoms with Crippen LogP contribution in [0.25, 0.3) is 0 Å². The van der Waals surface area contributed by atoms with E-state index in [9.17, 15) is 18.0 Å². The number of hydrogen-bond acceptors (Lipinski definition) is 5. The van der Waals surface area contributed by atoms with Crippen LogP contribution in [-0.2, 0) is 26.0 Å². The minimum atomic E-state index is -3.65. The summed E-state index contributed by atoms with van der Waals surface area (Å²) in [5, 5.41) is 2.90. The van der Waals surface area contributed by atoms with E-state index in [4.69, 9.17) is 0 Å². The van der Waals surface area contributed by atoms with Gasteiger partial charge in [-0.1, -0.05) is 0 Å². The SMILES string of the molecule is CC(=O)N1c2ccc(S(=O)(=O)NCC3CCC(C(=O)Nc4cccnc4)CC3)cc2C[C@H]1C.